The van der Waals surface area contributed by atoms with Crippen molar-refractivity contribution in [2.45, 2.75) is 27.7 Å². The van der Waals surface area contributed by atoms with Gasteiger partial charge in [0.2, 0.25) is 0 Å². The van der Waals surface area contributed by atoms with Crippen molar-refractivity contribution in [3.63, 3.8) is 0 Å². The number of benzene rings is 2. The summed E-state index contributed by atoms with van der Waals surface area (Å²) >= 11 is 3.78. The SMILES string of the molecule is Cc1ccc(-c2nn(C)c(-c3ccc(C)c(C)c3)c2Br)cc1C. The van der Waals surface area contributed by atoms with Crippen LogP contribution in [0.25, 0.3) is 22.5 Å². The van der Waals surface area contributed by atoms with Gasteiger partial charge in [0.15, 0.2) is 0 Å². The largest absolute Gasteiger partial charge is 0.266 e. The lowest BCUT2D eigenvalue weighted by Gasteiger charge is -2.07. The highest BCUT2D eigenvalue weighted by Gasteiger charge is 2.17. The molecule has 0 saturated carbocycles. The molecule has 2 aromatic carbocycles. The van der Waals surface area contributed by atoms with Gasteiger partial charge in [0, 0.05) is 18.2 Å². The van der Waals surface area contributed by atoms with Crippen LogP contribution in [0.1, 0.15) is 22.3 Å². The molecule has 118 valence electrons. The zero-order chi connectivity index (χ0) is 16.7. The van der Waals surface area contributed by atoms with Crippen molar-refractivity contribution < 1.29 is 0 Å². The summed E-state index contributed by atoms with van der Waals surface area (Å²) in [4.78, 5) is 0. The molecule has 0 aliphatic carbocycles. The van der Waals surface area contributed by atoms with Crippen molar-refractivity contribution in [1.82, 2.24) is 9.78 Å². The average Bonchev–Trinajstić information content (AvgIpc) is 2.80. The van der Waals surface area contributed by atoms with Crippen molar-refractivity contribution in [2.75, 3.05) is 0 Å². The monoisotopic (exact) mass is 368 g/mol. The lowest BCUT2D eigenvalue weighted by molar-refractivity contribution is 0.779. The Morgan fingerprint density at radius 1 is 0.783 bits per heavy atom. The van der Waals surface area contributed by atoms with E-state index < -0.39 is 0 Å². The van der Waals surface area contributed by atoms with Crippen LogP contribution in [-0.2, 0) is 7.05 Å². The van der Waals surface area contributed by atoms with E-state index in [0.29, 0.717) is 0 Å². The zero-order valence-electron chi connectivity index (χ0n) is 14.2. The van der Waals surface area contributed by atoms with Gasteiger partial charge in [-0.2, -0.15) is 5.10 Å². The maximum absolute atomic E-state index is 4.75. The van der Waals surface area contributed by atoms with Crippen LogP contribution in [0, 0.1) is 27.7 Å². The number of nitrogens with zero attached hydrogens (tertiary/aromatic N) is 2. The van der Waals surface area contributed by atoms with Crippen LogP contribution in [0.15, 0.2) is 40.9 Å². The van der Waals surface area contributed by atoms with Crippen LogP contribution < -0.4 is 0 Å². The Bertz CT molecular complexity index is 891. The van der Waals surface area contributed by atoms with Crippen LogP contribution in [0.4, 0.5) is 0 Å². The van der Waals surface area contributed by atoms with Crippen LogP contribution in [0.2, 0.25) is 0 Å². The van der Waals surface area contributed by atoms with Crippen molar-refractivity contribution in [1.29, 1.82) is 0 Å². The van der Waals surface area contributed by atoms with E-state index in [0.717, 1.165) is 21.4 Å². The Kier molecular flexibility index (Phi) is 4.15. The van der Waals surface area contributed by atoms with E-state index in [9.17, 15) is 0 Å². The third-order valence-corrected chi connectivity index (χ3v) is 5.30. The molecule has 2 nitrogen and oxygen atoms in total. The van der Waals surface area contributed by atoms with Gasteiger partial charge >= 0.3 is 0 Å². The van der Waals surface area contributed by atoms with Gasteiger partial charge in [0.25, 0.3) is 0 Å². The van der Waals surface area contributed by atoms with E-state index in [-0.39, 0.29) is 0 Å². The standard InChI is InChI=1S/C20H21BrN2/c1-12-6-8-16(10-14(12)3)19-18(21)20(23(5)22-19)17-9-7-13(2)15(4)11-17/h6-11H,1-5H3. The molecule has 0 aliphatic rings. The molecule has 0 atom stereocenters. The predicted octanol–water partition coefficient (Wildman–Crippen LogP) is 5.75. The summed E-state index contributed by atoms with van der Waals surface area (Å²) in [6.45, 7) is 8.55. The highest BCUT2D eigenvalue weighted by Crippen LogP contribution is 2.37. The molecular weight excluding hydrogens is 348 g/mol. The number of halogens is 1. The van der Waals surface area contributed by atoms with Gasteiger partial charge in [-0.15, -0.1) is 0 Å². The summed E-state index contributed by atoms with van der Waals surface area (Å²) in [5, 5.41) is 4.75. The van der Waals surface area contributed by atoms with Crippen LogP contribution in [0.3, 0.4) is 0 Å². The highest BCUT2D eigenvalue weighted by atomic mass is 79.9. The fourth-order valence-corrected chi connectivity index (χ4v) is 3.57. The number of aromatic nitrogens is 2. The van der Waals surface area contributed by atoms with Crippen molar-refractivity contribution in [3.8, 4) is 22.5 Å². The maximum atomic E-state index is 4.75. The third-order valence-electron chi connectivity index (χ3n) is 4.55. The molecule has 0 bridgehead atoms. The normalized spacial score (nSPS) is 11.0. The third kappa shape index (κ3) is 2.86. The first kappa shape index (κ1) is 16.0. The lowest BCUT2D eigenvalue weighted by Crippen LogP contribution is -1.95. The fraction of sp³-hybridized carbons (Fsp3) is 0.250. The molecule has 1 aromatic heterocycles. The Morgan fingerprint density at radius 2 is 1.30 bits per heavy atom. The molecule has 0 radical (unpaired) electrons. The van der Waals surface area contributed by atoms with Crippen LogP contribution in [0.5, 0.6) is 0 Å². The Hall–Kier alpha value is -1.87. The smallest absolute Gasteiger partial charge is 0.107 e. The first-order valence-electron chi connectivity index (χ1n) is 7.76. The van der Waals surface area contributed by atoms with Crippen molar-refractivity contribution >= 4 is 15.9 Å². The molecule has 3 heteroatoms. The van der Waals surface area contributed by atoms with Gasteiger partial charge in [0.05, 0.1) is 10.2 Å². The summed E-state index contributed by atoms with van der Waals surface area (Å²) in [6.07, 6.45) is 0. The second-order valence-corrected chi connectivity index (χ2v) is 7.03. The summed E-state index contributed by atoms with van der Waals surface area (Å²) in [6, 6.07) is 13.0. The minimum absolute atomic E-state index is 0.990. The van der Waals surface area contributed by atoms with Gasteiger partial charge in [-0.05, 0) is 78.0 Å². The van der Waals surface area contributed by atoms with Gasteiger partial charge < -0.3 is 0 Å². The molecule has 3 rings (SSSR count). The molecule has 0 spiro atoms. The molecule has 3 aromatic rings. The molecular formula is C20H21BrN2. The summed E-state index contributed by atoms with van der Waals surface area (Å²) in [7, 11) is 2.00. The molecule has 0 saturated heterocycles. The second-order valence-electron chi connectivity index (χ2n) is 6.23. The van der Waals surface area contributed by atoms with E-state index in [1.807, 2.05) is 11.7 Å². The summed E-state index contributed by atoms with van der Waals surface area (Å²) in [5.41, 5.74) is 9.62. The van der Waals surface area contributed by atoms with E-state index in [1.165, 1.54) is 27.8 Å². The van der Waals surface area contributed by atoms with E-state index >= 15 is 0 Å². The van der Waals surface area contributed by atoms with Crippen LogP contribution in [-0.4, -0.2) is 9.78 Å². The maximum Gasteiger partial charge on any atom is 0.107 e. The summed E-state index contributed by atoms with van der Waals surface area (Å²) in [5.74, 6) is 0. The molecule has 0 unspecified atom stereocenters. The lowest BCUT2D eigenvalue weighted by atomic mass is 10.0. The minimum Gasteiger partial charge on any atom is -0.266 e. The zero-order valence-corrected chi connectivity index (χ0v) is 15.8. The van der Waals surface area contributed by atoms with Gasteiger partial charge in [0.1, 0.15) is 5.69 Å². The van der Waals surface area contributed by atoms with Gasteiger partial charge in [-0.1, -0.05) is 24.3 Å². The number of rotatable bonds is 2. The van der Waals surface area contributed by atoms with Gasteiger partial charge in [-0.3, -0.25) is 4.68 Å². The first-order chi connectivity index (χ1) is 10.9. The predicted molar refractivity (Wildman–Crippen MR) is 101 cm³/mol. The second kappa shape index (κ2) is 5.97. The number of aryl methyl sites for hydroxylation is 5. The molecule has 0 aliphatic heterocycles. The van der Waals surface area contributed by atoms with E-state index in [2.05, 4.69) is 80.0 Å². The highest BCUT2D eigenvalue weighted by molar-refractivity contribution is 9.10. The summed E-state index contributed by atoms with van der Waals surface area (Å²) < 4.78 is 3.00. The first-order valence-corrected chi connectivity index (χ1v) is 8.55. The number of hydrogen-bond donors (Lipinski definition) is 0. The van der Waals surface area contributed by atoms with Crippen molar-refractivity contribution in [3.05, 3.63) is 63.1 Å². The van der Waals surface area contributed by atoms with Crippen LogP contribution >= 0.6 is 15.9 Å². The Labute approximate surface area is 146 Å². The minimum atomic E-state index is 0.990. The quantitative estimate of drug-likeness (QED) is 0.562. The molecule has 1 heterocycles. The molecule has 23 heavy (non-hydrogen) atoms. The van der Waals surface area contributed by atoms with Gasteiger partial charge in [-0.25, -0.2) is 0 Å². The Balaban J connectivity index is 2.15. The number of hydrogen-bond acceptors (Lipinski definition) is 1. The fourth-order valence-electron chi connectivity index (χ4n) is 2.77. The topological polar surface area (TPSA) is 17.8 Å². The van der Waals surface area contributed by atoms with E-state index in [4.69, 9.17) is 5.10 Å². The van der Waals surface area contributed by atoms with E-state index in [1.54, 1.807) is 0 Å². The average molecular weight is 369 g/mol. The molecule has 0 fully saturated rings. The molecule has 0 amide bonds. The molecule has 0 N–H and O–H groups in total. The Morgan fingerprint density at radius 3 is 1.87 bits per heavy atom. The van der Waals surface area contributed by atoms with Crippen molar-refractivity contribution in [2.24, 2.45) is 7.05 Å².